The molecule has 150 valence electrons. The van der Waals surface area contributed by atoms with Crippen molar-refractivity contribution < 1.29 is 9.53 Å². The van der Waals surface area contributed by atoms with Crippen molar-refractivity contribution in [1.82, 2.24) is 10.2 Å². The van der Waals surface area contributed by atoms with Gasteiger partial charge in [-0.1, -0.05) is 60.4 Å². The van der Waals surface area contributed by atoms with E-state index >= 15 is 0 Å². The lowest BCUT2D eigenvalue weighted by molar-refractivity contribution is 0.102. The van der Waals surface area contributed by atoms with E-state index in [-0.39, 0.29) is 5.91 Å². The summed E-state index contributed by atoms with van der Waals surface area (Å²) in [7, 11) is 0. The van der Waals surface area contributed by atoms with Gasteiger partial charge in [-0.05, 0) is 55.5 Å². The van der Waals surface area contributed by atoms with Gasteiger partial charge in [0.2, 0.25) is 5.13 Å². The molecule has 1 heterocycles. The maximum absolute atomic E-state index is 12.3. The maximum atomic E-state index is 12.3. The highest BCUT2D eigenvalue weighted by Gasteiger charge is 2.15. The van der Waals surface area contributed by atoms with Crippen molar-refractivity contribution in [3.8, 4) is 5.75 Å². The van der Waals surface area contributed by atoms with Crippen molar-refractivity contribution in [3.63, 3.8) is 0 Å². The molecule has 1 N–H and O–H groups in total. The number of hydrogen-bond donors (Lipinski definition) is 1. The van der Waals surface area contributed by atoms with Gasteiger partial charge in [0.15, 0.2) is 5.01 Å². The third-order valence-electron chi connectivity index (χ3n) is 5.29. The minimum Gasteiger partial charge on any atom is -0.486 e. The van der Waals surface area contributed by atoms with Crippen LogP contribution in [-0.2, 0) is 6.61 Å². The van der Waals surface area contributed by atoms with E-state index in [1.54, 1.807) is 6.07 Å². The number of aryl methyl sites for hydroxylation is 1. The molecule has 1 saturated carbocycles. The zero-order valence-electron chi connectivity index (χ0n) is 16.6. The molecule has 29 heavy (non-hydrogen) atoms. The molecule has 0 unspecified atom stereocenters. The summed E-state index contributed by atoms with van der Waals surface area (Å²) in [6.45, 7) is 2.29. The lowest BCUT2D eigenvalue weighted by Crippen LogP contribution is -2.11. The number of amides is 1. The summed E-state index contributed by atoms with van der Waals surface area (Å²) in [6, 6.07) is 15.9. The van der Waals surface area contributed by atoms with Crippen molar-refractivity contribution in [1.29, 1.82) is 0 Å². The molecule has 6 heteroatoms. The predicted octanol–water partition coefficient (Wildman–Crippen LogP) is 5.73. The highest BCUT2D eigenvalue weighted by Crippen LogP contribution is 2.33. The zero-order chi connectivity index (χ0) is 20.1. The van der Waals surface area contributed by atoms with Crippen LogP contribution in [0.25, 0.3) is 0 Å². The van der Waals surface area contributed by atoms with Crippen LogP contribution in [0.15, 0.2) is 48.5 Å². The number of nitrogens with one attached hydrogen (secondary N) is 1. The Bertz CT molecular complexity index is 962. The lowest BCUT2D eigenvalue weighted by Gasteiger charge is -2.22. The van der Waals surface area contributed by atoms with Crippen LogP contribution in [0.5, 0.6) is 5.75 Å². The maximum Gasteiger partial charge on any atom is 0.257 e. The fourth-order valence-corrected chi connectivity index (χ4v) is 4.38. The molecule has 2 aromatic carbocycles. The minimum absolute atomic E-state index is 0.185. The molecule has 1 amide bonds. The van der Waals surface area contributed by atoms with Crippen LogP contribution in [0, 0.1) is 6.92 Å². The number of nitrogens with zero attached hydrogens (tertiary/aromatic N) is 2. The van der Waals surface area contributed by atoms with E-state index in [0.29, 0.717) is 23.2 Å². The fraction of sp³-hybridized carbons (Fsp3) is 0.348. The Morgan fingerprint density at radius 3 is 2.66 bits per heavy atom. The van der Waals surface area contributed by atoms with E-state index in [4.69, 9.17) is 4.74 Å². The van der Waals surface area contributed by atoms with Crippen molar-refractivity contribution >= 4 is 22.4 Å². The first-order chi connectivity index (χ1) is 14.2. The summed E-state index contributed by atoms with van der Waals surface area (Å²) < 4.78 is 5.85. The van der Waals surface area contributed by atoms with Crippen molar-refractivity contribution in [2.24, 2.45) is 0 Å². The molecule has 0 saturated heterocycles. The van der Waals surface area contributed by atoms with Gasteiger partial charge < -0.3 is 4.74 Å². The van der Waals surface area contributed by atoms with Crippen molar-refractivity contribution in [3.05, 3.63) is 70.2 Å². The number of carbonyl (C=O) groups is 1. The molecule has 3 aromatic rings. The smallest absolute Gasteiger partial charge is 0.257 e. The van der Waals surface area contributed by atoms with Gasteiger partial charge in [0.1, 0.15) is 12.4 Å². The molecule has 1 fully saturated rings. The predicted molar refractivity (Wildman–Crippen MR) is 116 cm³/mol. The summed E-state index contributed by atoms with van der Waals surface area (Å²) in [5, 5.41) is 12.2. The first-order valence-corrected chi connectivity index (χ1v) is 10.9. The highest BCUT2D eigenvalue weighted by molar-refractivity contribution is 7.15. The first-order valence-electron chi connectivity index (χ1n) is 10.1. The summed E-state index contributed by atoms with van der Waals surface area (Å²) in [5.41, 5.74) is 3.06. The number of rotatable bonds is 6. The van der Waals surface area contributed by atoms with E-state index in [9.17, 15) is 4.79 Å². The SMILES string of the molecule is Cc1cccc(C(=O)Nc2nnc(COc3ccc(C4CCCCC4)cc3)s2)c1. The van der Waals surface area contributed by atoms with Gasteiger partial charge in [-0.25, -0.2) is 0 Å². The van der Waals surface area contributed by atoms with Crippen LogP contribution in [0.1, 0.15) is 64.5 Å². The second kappa shape index (κ2) is 9.18. The number of benzene rings is 2. The van der Waals surface area contributed by atoms with Crippen LogP contribution in [-0.4, -0.2) is 16.1 Å². The van der Waals surface area contributed by atoms with Crippen LogP contribution >= 0.6 is 11.3 Å². The van der Waals surface area contributed by atoms with Gasteiger partial charge in [0, 0.05) is 5.56 Å². The average Bonchev–Trinajstić information content (AvgIpc) is 3.20. The summed E-state index contributed by atoms with van der Waals surface area (Å²) in [5.74, 6) is 1.33. The zero-order valence-corrected chi connectivity index (χ0v) is 17.4. The van der Waals surface area contributed by atoms with E-state index in [2.05, 4.69) is 27.6 Å². The standard InChI is InChI=1S/C23H25N3O2S/c1-16-6-5-9-19(14-16)22(27)24-23-26-25-21(29-23)15-28-20-12-10-18(11-13-20)17-7-3-2-4-8-17/h5-6,9-14,17H,2-4,7-8,15H2,1H3,(H,24,26,27). The van der Waals surface area contributed by atoms with E-state index in [0.717, 1.165) is 16.3 Å². The Labute approximate surface area is 175 Å². The molecule has 1 aliphatic carbocycles. The molecule has 0 radical (unpaired) electrons. The highest BCUT2D eigenvalue weighted by atomic mass is 32.1. The van der Waals surface area contributed by atoms with Gasteiger partial charge in [-0.3, -0.25) is 10.1 Å². The van der Waals surface area contributed by atoms with Crippen molar-refractivity contribution in [2.45, 2.75) is 51.6 Å². The summed E-state index contributed by atoms with van der Waals surface area (Å²) in [4.78, 5) is 12.3. The Kier molecular flexibility index (Phi) is 6.20. The average molecular weight is 408 g/mol. The number of hydrogen-bond acceptors (Lipinski definition) is 5. The largest absolute Gasteiger partial charge is 0.486 e. The molecule has 0 spiro atoms. The van der Waals surface area contributed by atoms with Crippen LogP contribution in [0.2, 0.25) is 0 Å². The van der Waals surface area contributed by atoms with E-state index in [1.165, 1.54) is 49.0 Å². The third-order valence-corrected chi connectivity index (χ3v) is 6.10. The molecule has 4 rings (SSSR count). The molecular weight excluding hydrogens is 382 g/mol. The van der Waals surface area contributed by atoms with Gasteiger partial charge in [-0.2, -0.15) is 0 Å². The van der Waals surface area contributed by atoms with Crippen molar-refractivity contribution in [2.75, 3.05) is 5.32 Å². The van der Waals surface area contributed by atoms with Gasteiger partial charge in [0.05, 0.1) is 0 Å². The van der Waals surface area contributed by atoms with Gasteiger partial charge in [-0.15, -0.1) is 10.2 Å². The molecule has 1 aliphatic rings. The Hall–Kier alpha value is -2.73. The second-order valence-electron chi connectivity index (χ2n) is 7.52. The number of aromatic nitrogens is 2. The van der Waals surface area contributed by atoms with Crippen LogP contribution < -0.4 is 10.1 Å². The number of ether oxygens (including phenoxy) is 1. The Morgan fingerprint density at radius 2 is 1.90 bits per heavy atom. The van der Waals surface area contributed by atoms with E-state index in [1.807, 2.05) is 37.3 Å². The lowest BCUT2D eigenvalue weighted by atomic mass is 9.84. The molecule has 0 bridgehead atoms. The minimum atomic E-state index is -0.185. The number of carbonyl (C=O) groups excluding carboxylic acids is 1. The molecule has 1 aromatic heterocycles. The molecule has 0 atom stereocenters. The van der Waals surface area contributed by atoms with Crippen LogP contribution in [0.4, 0.5) is 5.13 Å². The third kappa shape index (κ3) is 5.21. The normalized spacial score (nSPS) is 14.5. The first kappa shape index (κ1) is 19.6. The quantitative estimate of drug-likeness (QED) is 0.567. The Morgan fingerprint density at radius 1 is 1.10 bits per heavy atom. The molecule has 0 aliphatic heterocycles. The molecular formula is C23H25N3O2S. The topological polar surface area (TPSA) is 64.1 Å². The Balaban J connectivity index is 1.30. The van der Waals surface area contributed by atoms with Crippen LogP contribution in [0.3, 0.4) is 0 Å². The second-order valence-corrected chi connectivity index (χ2v) is 8.58. The summed E-state index contributed by atoms with van der Waals surface area (Å²) in [6.07, 6.45) is 6.63. The number of anilines is 1. The molecule has 5 nitrogen and oxygen atoms in total. The van der Waals surface area contributed by atoms with Gasteiger partial charge >= 0.3 is 0 Å². The fourth-order valence-electron chi connectivity index (χ4n) is 3.74. The summed E-state index contributed by atoms with van der Waals surface area (Å²) >= 11 is 1.33. The van der Waals surface area contributed by atoms with Gasteiger partial charge in [0.25, 0.3) is 5.91 Å². The van der Waals surface area contributed by atoms with E-state index < -0.39 is 0 Å². The monoisotopic (exact) mass is 407 g/mol.